The summed E-state index contributed by atoms with van der Waals surface area (Å²) >= 11 is 1.55. The molecule has 0 bridgehead atoms. The largest absolute Gasteiger partial charge is 0.391 e. The average molecular weight is 196 g/mol. The number of aliphatic hydroxyl groups is 1. The number of hydrogen-bond donors (Lipinski definition) is 1. The fourth-order valence-electron chi connectivity index (χ4n) is 0.738. The van der Waals surface area contributed by atoms with Crippen molar-refractivity contribution in [3.63, 3.8) is 0 Å². The van der Waals surface area contributed by atoms with Crippen molar-refractivity contribution in [2.24, 2.45) is 0 Å². The molecule has 0 aromatic carbocycles. The van der Waals surface area contributed by atoms with Crippen LogP contribution in [0.2, 0.25) is 0 Å². The maximum Gasteiger partial charge on any atom is 0.0740 e. The molecule has 0 aromatic heterocycles. The van der Waals surface area contributed by atoms with E-state index in [1.807, 2.05) is 38.2 Å². The van der Waals surface area contributed by atoms with Crippen LogP contribution in [0, 0.1) is 0 Å². The highest BCUT2D eigenvalue weighted by molar-refractivity contribution is 8.06. The molecule has 0 saturated carbocycles. The van der Waals surface area contributed by atoms with Gasteiger partial charge in [-0.25, -0.2) is 0 Å². The van der Waals surface area contributed by atoms with Crippen molar-refractivity contribution in [1.29, 1.82) is 0 Å². The Labute approximate surface area is 84.5 Å². The molecule has 0 rings (SSSR count). The molecule has 0 saturated heterocycles. The van der Waals surface area contributed by atoms with Crippen molar-refractivity contribution < 1.29 is 5.11 Å². The third-order valence-electron chi connectivity index (χ3n) is 1.34. The molecule has 1 nitrogen and oxygen atoms in total. The highest BCUT2D eigenvalue weighted by atomic mass is 32.2. The smallest absolute Gasteiger partial charge is 0.0740 e. The van der Waals surface area contributed by atoms with Gasteiger partial charge in [-0.15, -0.1) is 0 Å². The maximum absolute atomic E-state index is 8.95. The number of allylic oxidation sites excluding steroid dienone is 5. The Balaban J connectivity index is 4.42. The molecule has 0 aliphatic carbocycles. The highest BCUT2D eigenvalue weighted by Gasteiger charge is 1.97. The number of hydrogen-bond acceptors (Lipinski definition) is 2. The average Bonchev–Trinajstić information content (AvgIpc) is 2.14. The summed E-state index contributed by atoms with van der Waals surface area (Å²) in [6, 6.07) is 0. The lowest BCUT2D eigenvalue weighted by molar-refractivity contribution is 0.339. The van der Waals surface area contributed by atoms with Gasteiger partial charge in [-0.3, -0.25) is 0 Å². The summed E-state index contributed by atoms with van der Waals surface area (Å²) < 4.78 is 0. The van der Waals surface area contributed by atoms with Gasteiger partial charge in [0.2, 0.25) is 0 Å². The van der Waals surface area contributed by atoms with Crippen molar-refractivity contribution in [3.8, 4) is 0 Å². The van der Waals surface area contributed by atoms with E-state index in [0.29, 0.717) is 0 Å². The summed E-state index contributed by atoms with van der Waals surface area (Å²) in [5.41, 5.74) is 0. The normalized spacial score (nSPS) is 13.8. The molecular formula is C11H16OS. The van der Waals surface area contributed by atoms with Gasteiger partial charge in [-0.2, -0.15) is 0 Å². The molecule has 0 heterocycles. The van der Waals surface area contributed by atoms with Gasteiger partial charge >= 0.3 is 0 Å². The van der Waals surface area contributed by atoms with Crippen LogP contribution < -0.4 is 0 Å². The van der Waals surface area contributed by atoms with Crippen LogP contribution in [0.25, 0.3) is 0 Å². The van der Waals surface area contributed by atoms with Gasteiger partial charge in [-0.05, 0) is 19.9 Å². The first-order valence-electron chi connectivity index (χ1n) is 4.17. The van der Waals surface area contributed by atoms with E-state index in [-0.39, 0.29) is 6.61 Å². The Hall–Kier alpha value is -0.730. The summed E-state index contributed by atoms with van der Waals surface area (Å²) in [5.74, 6) is 0. The van der Waals surface area contributed by atoms with E-state index in [1.165, 1.54) is 0 Å². The minimum absolute atomic E-state index is 0.0905. The molecule has 72 valence electrons. The zero-order valence-corrected chi connectivity index (χ0v) is 8.97. The second-order valence-electron chi connectivity index (χ2n) is 2.32. The summed E-state index contributed by atoms with van der Waals surface area (Å²) in [4.78, 5) is 2.03. The van der Waals surface area contributed by atoms with Gasteiger partial charge in [0, 0.05) is 9.81 Å². The molecular weight excluding hydrogens is 180 g/mol. The second-order valence-corrected chi connectivity index (χ2v) is 3.52. The van der Waals surface area contributed by atoms with Crippen LogP contribution in [0.1, 0.15) is 13.8 Å². The van der Waals surface area contributed by atoms with Crippen LogP contribution in [0.15, 0.2) is 46.8 Å². The SMILES string of the molecule is C=C/C=C(\C=C/C)S/C(=C/C)CO. The zero-order valence-electron chi connectivity index (χ0n) is 8.16. The van der Waals surface area contributed by atoms with Gasteiger partial charge in [0.25, 0.3) is 0 Å². The van der Waals surface area contributed by atoms with E-state index in [9.17, 15) is 0 Å². The molecule has 0 radical (unpaired) electrons. The third-order valence-corrected chi connectivity index (χ3v) is 2.47. The van der Waals surface area contributed by atoms with Gasteiger partial charge in [-0.1, -0.05) is 42.6 Å². The number of rotatable bonds is 5. The third kappa shape index (κ3) is 5.50. The van der Waals surface area contributed by atoms with E-state index in [1.54, 1.807) is 17.8 Å². The van der Waals surface area contributed by atoms with Crippen LogP contribution in [0.4, 0.5) is 0 Å². The lowest BCUT2D eigenvalue weighted by Crippen LogP contribution is -1.84. The Morgan fingerprint density at radius 3 is 2.54 bits per heavy atom. The standard InChI is InChI=1S/C11H16OS/c1-4-7-11(8-5-2)13-10(6-3)9-12/h4-8,12H,1,9H2,2-3H3/b8-5-,10-6+,11-7+. The van der Waals surface area contributed by atoms with Crippen LogP contribution in [-0.4, -0.2) is 11.7 Å². The lowest BCUT2D eigenvalue weighted by atomic mass is 10.4. The molecule has 0 aliphatic heterocycles. The molecule has 0 atom stereocenters. The van der Waals surface area contributed by atoms with Crippen LogP contribution >= 0.6 is 11.8 Å². The van der Waals surface area contributed by atoms with E-state index in [2.05, 4.69) is 6.58 Å². The van der Waals surface area contributed by atoms with Crippen molar-refractivity contribution >= 4 is 11.8 Å². The van der Waals surface area contributed by atoms with E-state index < -0.39 is 0 Å². The van der Waals surface area contributed by atoms with Crippen LogP contribution in [0.5, 0.6) is 0 Å². The fourth-order valence-corrected chi connectivity index (χ4v) is 1.59. The van der Waals surface area contributed by atoms with Crippen LogP contribution in [0.3, 0.4) is 0 Å². The first-order valence-corrected chi connectivity index (χ1v) is 4.99. The predicted octanol–water partition coefficient (Wildman–Crippen LogP) is 3.26. The van der Waals surface area contributed by atoms with Gasteiger partial charge in [0.05, 0.1) is 6.61 Å². The summed E-state index contributed by atoms with van der Waals surface area (Å²) in [7, 11) is 0. The van der Waals surface area contributed by atoms with Crippen LogP contribution in [-0.2, 0) is 0 Å². The number of aliphatic hydroxyl groups excluding tert-OH is 1. The predicted molar refractivity (Wildman–Crippen MR) is 61.5 cm³/mol. The molecule has 2 heteroatoms. The highest BCUT2D eigenvalue weighted by Crippen LogP contribution is 2.25. The Bertz CT molecular complexity index is 236. The van der Waals surface area contributed by atoms with E-state index >= 15 is 0 Å². The molecule has 0 aliphatic rings. The van der Waals surface area contributed by atoms with E-state index in [0.717, 1.165) is 9.81 Å². The van der Waals surface area contributed by atoms with Crippen molar-refractivity contribution in [1.82, 2.24) is 0 Å². The second kappa shape index (κ2) is 7.90. The Morgan fingerprint density at radius 1 is 1.46 bits per heavy atom. The summed E-state index contributed by atoms with van der Waals surface area (Å²) in [6.07, 6.45) is 9.53. The van der Waals surface area contributed by atoms with Gasteiger partial charge in [0.1, 0.15) is 0 Å². The first kappa shape index (κ1) is 12.3. The first-order chi connectivity index (χ1) is 6.28. The molecule has 0 spiro atoms. The quantitative estimate of drug-likeness (QED) is 0.681. The molecule has 0 unspecified atom stereocenters. The minimum atomic E-state index is 0.0905. The van der Waals surface area contributed by atoms with E-state index in [4.69, 9.17) is 5.11 Å². The van der Waals surface area contributed by atoms with Crippen molar-refractivity contribution in [2.45, 2.75) is 13.8 Å². The van der Waals surface area contributed by atoms with Crippen molar-refractivity contribution in [2.75, 3.05) is 6.61 Å². The lowest BCUT2D eigenvalue weighted by Gasteiger charge is -2.02. The van der Waals surface area contributed by atoms with Gasteiger partial charge < -0.3 is 5.11 Å². The van der Waals surface area contributed by atoms with Gasteiger partial charge in [0.15, 0.2) is 0 Å². The molecule has 13 heavy (non-hydrogen) atoms. The zero-order chi connectivity index (χ0) is 10.1. The Kier molecular flexibility index (Phi) is 7.45. The summed E-state index contributed by atoms with van der Waals surface area (Å²) in [6.45, 7) is 7.61. The number of thioether (sulfide) groups is 1. The maximum atomic E-state index is 8.95. The minimum Gasteiger partial charge on any atom is -0.391 e. The monoisotopic (exact) mass is 196 g/mol. The molecule has 0 amide bonds. The fraction of sp³-hybridized carbons (Fsp3) is 0.273. The molecule has 0 aromatic rings. The van der Waals surface area contributed by atoms with Crippen molar-refractivity contribution in [3.05, 3.63) is 46.8 Å². The molecule has 1 N–H and O–H groups in total. The summed E-state index contributed by atoms with van der Waals surface area (Å²) in [5, 5.41) is 8.95. The topological polar surface area (TPSA) is 20.2 Å². The Morgan fingerprint density at radius 2 is 2.15 bits per heavy atom. The molecule has 0 fully saturated rings.